The normalized spacial score (nSPS) is 10.6. The van der Waals surface area contributed by atoms with Gasteiger partial charge >= 0.3 is 0 Å². The van der Waals surface area contributed by atoms with E-state index in [-0.39, 0.29) is 5.91 Å². The Morgan fingerprint density at radius 3 is 2.52 bits per heavy atom. The summed E-state index contributed by atoms with van der Waals surface area (Å²) < 4.78 is 0. The summed E-state index contributed by atoms with van der Waals surface area (Å²) in [7, 11) is 0. The van der Waals surface area contributed by atoms with E-state index in [1.54, 1.807) is 6.07 Å². The standard InChI is InChI=1S/C18H14N6O/c25-18(15-10-11-19-22-15)20-14-9-5-4-8-13(14)17-21-16(23-24-17)12-6-2-1-3-7-12/h1-11H,(H,19,22)(H,20,25)(H,21,23,24). The molecule has 122 valence electrons. The van der Waals surface area contributed by atoms with Crippen LogP contribution in [0.5, 0.6) is 0 Å². The molecular weight excluding hydrogens is 316 g/mol. The van der Waals surface area contributed by atoms with Gasteiger partial charge in [0.2, 0.25) is 0 Å². The first-order chi connectivity index (χ1) is 12.3. The number of nitrogens with zero attached hydrogens (tertiary/aromatic N) is 3. The number of benzene rings is 2. The molecule has 0 aliphatic rings. The highest BCUT2D eigenvalue weighted by atomic mass is 16.1. The zero-order valence-electron chi connectivity index (χ0n) is 13.1. The predicted molar refractivity (Wildman–Crippen MR) is 93.8 cm³/mol. The molecule has 7 heteroatoms. The van der Waals surface area contributed by atoms with Gasteiger partial charge in [0.05, 0.1) is 5.69 Å². The fourth-order valence-corrected chi connectivity index (χ4v) is 2.47. The van der Waals surface area contributed by atoms with E-state index in [9.17, 15) is 4.79 Å². The van der Waals surface area contributed by atoms with Crippen LogP contribution in [0.15, 0.2) is 66.9 Å². The maximum atomic E-state index is 12.3. The van der Waals surface area contributed by atoms with Gasteiger partial charge in [-0.2, -0.15) is 10.2 Å². The third-order valence-electron chi connectivity index (χ3n) is 3.69. The third kappa shape index (κ3) is 3.02. The fourth-order valence-electron chi connectivity index (χ4n) is 2.47. The molecule has 7 nitrogen and oxygen atoms in total. The van der Waals surface area contributed by atoms with Crippen molar-refractivity contribution in [1.82, 2.24) is 25.4 Å². The Morgan fingerprint density at radius 2 is 1.72 bits per heavy atom. The van der Waals surface area contributed by atoms with Gasteiger partial charge in [-0.25, -0.2) is 4.98 Å². The molecule has 4 rings (SSSR count). The molecule has 0 radical (unpaired) electrons. The molecule has 0 spiro atoms. The molecule has 0 aliphatic carbocycles. The number of aromatic amines is 2. The molecule has 2 aromatic carbocycles. The van der Waals surface area contributed by atoms with Crippen molar-refractivity contribution in [1.29, 1.82) is 0 Å². The molecule has 0 atom stereocenters. The summed E-state index contributed by atoms with van der Waals surface area (Å²) in [5.74, 6) is 0.914. The van der Waals surface area contributed by atoms with Crippen molar-refractivity contribution in [3.63, 3.8) is 0 Å². The Labute approximate surface area is 143 Å². The highest BCUT2D eigenvalue weighted by molar-refractivity contribution is 6.04. The van der Waals surface area contributed by atoms with E-state index in [1.165, 1.54) is 6.20 Å². The molecule has 2 heterocycles. The van der Waals surface area contributed by atoms with E-state index in [4.69, 9.17) is 0 Å². The molecular formula is C18H14N6O. The van der Waals surface area contributed by atoms with Gasteiger partial charge in [0.15, 0.2) is 11.6 Å². The van der Waals surface area contributed by atoms with Crippen molar-refractivity contribution in [2.75, 3.05) is 5.32 Å². The van der Waals surface area contributed by atoms with Crippen LogP contribution in [0.4, 0.5) is 5.69 Å². The highest BCUT2D eigenvalue weighted by Gasteiger charge is 2.14. The van der Waals surface area contributed by atoms with Crippen molar-refractivity contribution < 1.29 is 4.79 Å². The van der Waals surface area contributed by atoms with E-state index in [1.807, 2.05) is 54.6 Å². The van der Waals surface area contributed by atoms with E-state index in [0.29, 0.717) is 23.0 Å². The molecule has 25 heavy (non-hydrogen) atoms. The molecule has 0 saturated heterocycles. The van der Waals surface area contributed by atoms with Gasteiger partial charge in [0, 0.05) is 17.3 Å². The molecule has 0 bridgehead atoms. The van der Waals surface area contributed by atoms with E-state index in [0.717, 1.165) is 11.1 Å². The number of nitrogens with one attached hydrogen (secondary N) is 3. The molecule has 0 saturated carbocycles. The lowest BCUT2D eigenvalue weighted by Gasteiger charge is -2.08. The van der Waals surface area contributed by atoms with Gasteiger partial charge in [-0.1, -0.05) is 42.5 Å². The van der Waals surface area contributed by atoms with Crippen LogP contribution >= 0.6 is 0 Å². The van der Waals surface area contributed by atoms with Crippen LogP contribution in [-0.2, 0) is 0 Å². The quantitative estimate of drug-likeness (QED) is 0.535. The number of para-hydroxylation sites is 1. The van der Waals surface area contributed by atoms with Gasteiger partial charge in [0.25, 0.3) is 5.91 Å². The van der Waals surface area contributed by atoms with Crippen molar-refractivity contribution in [2.24, 2.45) is 0 Å². The Hall–Kier alpha value is -3.74. The highest BCUT2D eigenvalue weighted by Crippen LogP contribution is 2.27. The number of carbonyl (C=O) groups excluding carboxylic acids is 1. The lowest BCUT2D eigenvalue weighted by molar-refractivity contribution is 0.102. The summed E-state index contributed by atoms with van der Waals surface area (Å²) in [6, 6.07) is 18.7. The second kappa shape index (κ2) is 6.40. The summed E-state index contributed by atoms with van der Waals surface area (Å²) in [6.07, 6.45) is 1.53. The van der Waals surface area contributed by atoms with Gasteiger partial charge in [-0.3, -0.25) is 15.0 Å². The zero-order chi connectivity index (χ0) is 17.1. The summed E-state index contributed by atoms with van der Waals surface area (Å²) in [4.78, 5) is 16.8. The zero-order valence-corrected chi connectivity index (χ0v) is 13.1. The minimum atomic E-state index is -0.271. The van der Waals surface area contributed by atoms with Crippen molar-refractivity contribution in [3.05, 3.63) is 72.6 Å². The fraction of sp³-hybridized carbons (Fsp3) is 0. The number of hydrogen-bond donors (Lipinski definition) is 3. The van der Waals surface area contributed by atoms with Crippen molar-refractivity contribution in [2.45, 2.75) is 0 Å². The van der Waals surface area contributed by atoms with E-state index >= 15 is 0 Å². The Kier molecular flexibility index (Phi) is 3.80. The Bertz CT molecular complexity index is 991. The topological polar surface area (TPSA) is 99.3 Å². The van der Waals surface area contributed by atoms with Crippen LogP contribution in [0.25, 0.3) is 22.8 Å². The molecule has 3 N–H and O–H groups in total. The SMILES string of the molecule is O=C(Nc1ccccc1-c1nc(-c2ccccc2)n[nH]1)c1ccn[nH]1. The Morgan fingerprint density at radius 1 is 0.920 bits per heavy atom. The number of H-pyrrole nitrogens is 2. The smallest absolute Gasteiger partial charge is 0.273 e. The van der Waals surface area contributed by atoms with Crippen LogP contribution in [-0.4, -0.2) is 31.3 Å². The molecule has 4 aromatic rings. The first-order valence-corrected chi connectivity index (χ1v) is 7.69. The third-order valence-corrected chi connectivity index (χ3v) is 3.69. The number of anilines is 1. The number of hydrogen-bond acceptors (Lipinski definition) is 4. The summed E-state index contributed by atoms with van der Waals surface area (Å²) in [5, 5.41) is 16.5. The van der Waals surface area contributed by atoms with E-state index < -0.39 is 0 Å². The Balaban J connectivity index is 1.65. The predicted octanol–water partition coefficient (Wildman–Crippen LogP) is 3.11. The maximum absolute atomic E-state index is 12.3. The molecule has 2 aromatic heterocycles. The van der Waals surface area contributed by atoms with Crippen LogP contribution in [0, 0.1) is 0 Å². The first kappa shape index (κ1) is 14.8. The molecule has 0 fully saturated rings. The number of carbonyl (C=O) groups is 1. The average molecular weight is 330 g/mol. The number of rotatable bonds is 4. The largest absolute Gasteiger partial charge is 0.320 e. The summed E-state index contributed by atoms with van der Waals surface area (Å²) in [5.41, 5.74) is 2.70. The maximum Gasteiger partial charge on any atom is 0.273 e. The number of amides is 1. The van der Waals surface area contributed by atoms with Gasteiger partial charge in [-0.15, -0.1) is 0 Å². The number of aromatic nitrogens is 5. The molecule has 1 amide bonds. The first-order valence-electron chi connectivity index (χ1n) is 7.69. The van der Waals surface area contributed by atoms with Crippen LogP contribution in [0.1, 0.15) is 10.5 Å². The van der Waals surface area contributed by atoms with Crippen molar-refractivity contribution >= 4 is 11.6 Å². The summed E-state index contributed by atoms with van der Waals surface area (Å²) in [6.45, 7) is 0. The van der Waals surface area contributed by atoms with Crippen LogP contribution < -0.4 is 5.32 Å². The lowest BCUT2D eigenvalue weighted by atomic mass is 10.1. The lowest BCUT2D eigenvalue weighted by Crippen LogP contribution is -2.13. The van der Waals surface area contributed by atoms with Gasteiger partial charge in [0.1, 0.15) is 5.69 Å². The second-order valence-electron chi connectivity index (χ2n) is 5.34. The van der Waals surface area contributed by atoms with E-state index in [2.05, 4.69) is 30.7 Å². The van der Waals surface area contributed by atoms with Crippen LogP contribution in [0.3, 0.4) is 0 Å². The second-order valence-corrected chi connectivity index (χ2v) is 5.34. The summed E-state index contributed by atoms with van der Waals surface area (Å²) >= 11 is 0. The average Bonchev–Trinajstić information content (AvgIpc) is 3.35. The van der Waals surface area contributed by atoms with Crippen LogP contribution in [0.2, 0.25) is 0 Å². The molecule has 0 unspecified atom stereocenters. The minimum Gasteiger partial charge on any atom is -0.320 e. The van der Waals surface area contributed by atoms with Gasteiger partial charge in [-0.05, 0) is 18.2 Å². The monoisotopic (exact) mass is 330 g/mol. The molecule has 0 aliphatic heterocycles. The van der Waals surface area contributed by atoms with Crippen molar-refractivity contribution in [3.8, 4) is 22.8 Å². The van der Waals surface area contributed by atoms with Gasteiger partial charge < -0.3 is 5.32 Å². The minimum absolute atomic E-state index is 0.271.